The van der Waals surface area contributed by atoms with Gasteiger partial charge in [-0.1, -0.05) is 20.3 Å². The van der Waals surface area contributed by atoms with E-state index in [2.05, 4.69) is 39.9 Å². The maximum absolute atomic E-state index is 3.86. The predicted octanol–water partition coefficient (Wildman–Crippen LogP) is 3.73. The highest BCUT2D eigenvalue weighted by atomic mass is 15.0. The van der Waals surface area contributed by atoms with Crippen LogP contribution in [0.1, 0.15) is 66.7 Å². The molecule has 84 valence electrons. The zero-order chi connectivity index (χ0) is 10.8. The summed E-state index contributed by atoms with van der Waals surface area (Å²) in [7, 11) is 0. The van der Waals surface area contributed by atoms with Crippen molar-refractivity contribution >= 4 is 0 Å². The first-order chi connectivity index (χ1) is 6.37. The maximum Gasteiger partial charge on any atom is 0.0188 e. The molecule has 0 bridgehead atoms. The SMILES string of the molecule is CCCC1(NC(C)(C)C)CCC(C)C1. The Morgan fingerprint density at radius 2 is 2.00 bits per heavy atom. The van der Waals surface area contributed by atoms with E-state index in [-0.39, 0.29) is 5.54 Å². The first kappa shape index (κ1) is 12.0. The minimum absolute atomic E-state index is 0.263. The summed E-state index contributed by atoms with van der Waals surface area (Å²) in [4.78, 5) is 0. The fraction of sp³-hybridized carbons (Fsp3) is 1.00. The lowest BCUT2D eigenvalue weighted by Gasteiger charge is -2.38. The van der Waals surface area contributed by atoms with Gasteiger partial charge in [-0.15, -0.1) is 0 Å². The second-order valence-corrected chi connectivity index (χ2v) is 6.25. The quantitative estimate of drug-likeness (QED) is 0.727. The van der Waals surface area contributed by atoms with Crippen LogP contribution >= 0.6 is 0 Å². The van der Waals surface area contributed by atoms with Crippen molar-refractivity contribution in [1.29, 1.82) is 0 Å². The van der Waals surface area contributed by atoms with Crippen molar-refractivity contribution in [2.45, 2.75) is 77.8 Å². The van der Waals surface area contributed by atoms with E-state index in [1.165, 1.54) is 32.1 Å². The van der Waals surface area contributed by atoms with Gasteiger partial charge in [0.2, 0.25) is 0 Å². The van der Waals surface area contributed by atoms with Gasteiger partial charge in [0.15, 0.2) is 0 Å². The summed E-state index contributed by atoms with van der Waals surface area (Å²) in [6.07, 6.45) is 6.80. The van der Waals surface area contributed by atoms with Gasteiger partial charge in [0, 0.05) is 11.1 Å². The van der Waals surface area contributed by atoms with Gasteiger partial charge < -0.3 is 5.32 Å². The zero-order valence-corrected chi connectivity index (χ0v) is 10.6. The summed E-state index contributed by atoms with van der Waals surface area (Å²) in [5.74, 6) is 0.913. The Kier molecular flexibility index (Phi) is 3.63. The molecule has 0 radical (unpaired) electrons. The molecule has 1 nitrogen and oxygen atoms in total. The zero-order valence-electron chi connectivity index (χ0n) is 10.6. The second kappa shape index (κ2) is 4.22. The average Bonchev–Trinajstić information content (AvgIpc) is 2.28. The molecule has 0 amide bonds. The van der Waals surface area contributed by atoms with Crippen LogP contribution in [0.25, 0.3) is 0 Å². The fourth-order valence-electron chi connectivity index (χ4n) is 3.07. The molecular weight excluding hydrogens is 170 g/mol. The number of nitrogens with one attached hydrogen (secondary N) is 1. The van der Waals surface area contributed by atoms with Gasteiger partial charge >= 0.3 is 0 Å². The predicted molar refractivity (Wildman–Crippen MR) is 63.5 cm³/mol. The van der Waals surface area contributed by atoms with Crippen molar-refractivity contribution in [2.24, 2.45) is 5.92 Å². The van der Waals surface area contributed by atoms with Crippen LogP contribution < -0.4 is 5.32 Å². The van der Waals surface area contributed by atoms with Crippen LogP contribution in [0.4, 0.5) is 0 Å². The topological polar surface area (TPSA) is 12.0 Å². The molecule has 0 spiro atoms. The molecule has 0 aromatic carbocycles. The molecule has 2 atom stereocenters. The summed E-state index contributed by atoms with van der Waals surface area (Å²) in [6.45, 7) is 11.5. The summed E-state index contributed by atoms with van der Waals surface area (Å²) >= 11 is 0. The van der Waals surface area contributed by atoms with Crippen molar-refractivity contribution in [3.05, 3.63) is 0 Å². The maximum atomic E-state index is 3.86. The molecule has 1 aliphatic carbocycles. The van der Waals surface area contributed by atoms with Crippen LogP contribution in [0.15, 0.2) is 0 Å². The van der Waals surface area contributed by atoms with E-state index in [4.69, 9.17) is 0 Å². The van der Waals surface area contributed by atoms with Crippen LogP contribution in [-0.4, -0.2) is 11.1 Å². The van der Waals surface area contributed by atoms with Gasteiger partial charge in [-0.3, -0.25) is 0 Å². The molecule has 1 heteroatoms. The minimum atomic E-state index is 0.263. The molecule has 0 aromatic rings. The van der Waals surface area contributed by atoms with Crippen molar-refractivity contribution in [1.82, 2.24) is 5.32 Å². The van der Waals surface area contributed by atoms with E-state index in [9.17, 15) is 0 Å². The van der Waals surface area contributed by atoms with Gasteiger partial charge in [0.05, 0.1) is 0 Å². The lowest BCUT2D eigenvalue weighted by molar-refractivity contribution is 0.225. The number of hydrogen-bond donors (Lipinski definition) is 1. The van der Waals surface area contributed by atoms with Crippen LogP contribution in [0.3, 0.4) is 0 Å². The molecule has 1 saturated carbocycles. The Morgan fingerprint density at radius 1 is 1.36 bits per heavy atom. The Morgan fingerprint density at radius 3 is 2.36 bits per heavy atom. The van der Waals surface area contributed by atoms with Crippen LogP contribution in [0.2, 0.25) is 0 Å². The Labute approximate surface area is 89.7 Å². The van der Waals surface area contributed by atoms with Crippen molar-refractivity contribution in [3.63, 3.8) is 0 Å². The van der Waals surface area contributed by atoms with Crippen LogP contribution in [0, 0.1) is 5.92 Å². The molecule has 2 unspecified atom stereocenters. The molecule has 1 rings (SSSR count). The van der Waals surface area contributed by atoms with E-state index in [1.807, 2.05) is 0 Å². The van der Waals surface area contributed by atoms with Gasteiger partial charge in [-0.2, -0.15) is 0 Å². The van der Waals surface area contributed by atoms with E-state index in [0.29, 0.717) is 5.54 Å². The highest BCUT2D eigenvalue weighted by molar-refractivity contribution is 4.98. The molecule has 1 aliphatic rings. The Hall–Kier alpha value is -0.0400. The fourth-order valence-corrected chi connectivity index (χ4v) is 3.07. The molecular formula is C13H27N. The smallest absolute Gasteiger partial charge is 0.0188 e. The summed E-state index contributed by atoms with van der Waals surface area (Å²) in [5, 5.41) is 3.86. The van der Waals surface area contributed by atoms with E-state index in [0.717, 1.165) is 5.92 Å². The Bertz CT molecular complexity index is 176. The summed E-state index contributed by atoms with van der Waals surface area (Å²) < 4.78 is 0. The van der Waals surface area contributed by atoms with Crippen molar-refractivity contribution < 1.29 is 0 Å². The minimum Gasteiger partial charge on any atom is -0.307 e. The summed E-state index contributed by atoms with van der Waals surface area (Å²) in [6, 6.07) is 0. The molecule has 0 aliphatic heterocycles. The largest absolute Gasteiger partial charge is 0.307 e. The third-order valence-corrected chi connectivity index (χ3v) is 3.22. The third kappa shape index (κ3) is 3.27. The van der Waals surface area contributed by atoms with E-state index >= 15 is 0 Å². The summed E-state index contributed by atoms with van der Waals surface area (Å²) in [5.41, 5.74) is 0.714. The first-order valence-electron chi connectivity index (χ1n) is 6.16. The normalized spacial score (nSPS) is 33.6. The lowest BCUT2D eigenvalue weighted by atomic mass is 9.88. The third-order valence-electron chi connectivity index (χ3n) is 3.22. The van der Waals surface area contributed by atoms with Crippen molar-refractivity contribution in [3.8, 4) is 0 Å². The van der Waals surface area contributed by atoms with Gasteiger partial charge in [0.25, 0.3) is 0 Å². The van der Waals surface area contributed by atoms with Crippen LogP contribution in [-0.2, 0) is 0 Å². The van der Waals surface area contributed by atoms with Crippen LogP contribution in [0.5, 0.6) is 0 Å². The molecule has 1 fully saturated rings. The highest BCUT2D eigenvalue weighted by Crippen LogP contribution is 2.38. The second-order valence-electron chi connectivity index (χ2n) is 6.25. The molecule has 0 heterocycles. The Balaban J connectivity index is 2.63. The highest BCUT2D eigenvalue weighted by Gasteiger charge is 2.38. The number of hydrogen-bond acceptors (Lipinski definition) is 1. The van der Waals surface area contributed by atoms with Gasteiger partial charge in [0.1, 0.15) is 0 Å². The number of rotatable bonds is 3. The molecule has 0 aromatic heterocycles. The van der Waals surface area contributed by atoms with Crippen molar-refractivity contribution in [2.75, 3.05) is 0 Å². The van der Waals surface area contributed by atoms with E-state index in [1.54, 1.807) is 0 Å². The van der Waals surface area contributed by atoms with Gasteiger partial charge in [-0.05, 0) is 52.4 Å². The molecule has 0 saturated heterocycles. The average molecular weight is 197 g/mol. The van der Waals surface area contributed by atoms with Gasteiger partial charge in [-0.25, -0.2) is 0 Å². The first-order valence-corrected chi connectivity index (χ1v) is 6.16. The molecule has 1 N–H and O–H groups in total. The molecule has 14 heavy (non-hydrogen) atoms. The monoisotopic (exact) mass is 197 g/mol. The van der Waals surface area contributed by atoms with E-state index < -0.39 is 0 Å². The lowest BCUT2D eigenvalue weighted by Crippen LogP contribution is -2.52. The standard InChI is InChI=1S/C13H27N/c1-6-8-13(14-12(3,4)5)9-7-11(2)10-13/h11,14H,6-10H2,1-5H3.